The number of aromatic nitrogens is 2. The molecule has 34 heavy (non-hydrogen) atoms. The lowest BCUT2D eigenvalue weighted by Crippen LogP contribution is -2.11. The Balaban J connectivity index is 1.35. The van der Waals surface area contributed by atoms with Crippen LogP contribution in [-0.4, -0.2) is 38.7 Å². The molecule has 3 aromatic rings. The van der Waals surface area contributed by atoms with E-state index >= 15 is 0 Å². The van der Waals surface area contributed by atoms with Crippen molar-refractivity contribution in [1.82, 2.24) is 9.97 Å². The molecule has 0 amide bonds. The normalized spacial score (nSPS) is 17.9. The van der Waals surface area contributed by atoms with Crippen molar-refractivity contribution in [2.45, 2.75) is 64.2 Å². The van der Waals surface area contributed by atoms with Crippen molar-refractivity contribution in [1.29, 1.82) is 0 Å². The molecule has 0 spiro atoms. The maximum Gasteiger partial charge on any atom is 0.147 e. The molecule has 0 bridgehead atoms. The van der Waals surface area contributed by atoms with Crippen molar-refractivity contribution in [2.75, 3.05) is 6.54 Å². The molecule has 2 aliphatic rings. The van der Waals surface area contributed by atoms with Crippen molar-refractivity contribution >= 4 is 33.5 Å². The van der Waals surface area contributed by atoms with Crippen LogP contribution in [0.5, 0.6) is 17.2 Å². The third-order valence-electron chi connectivity index (χ3n) is 6.04. The van der Waals surface area contributed by atoms with E-state index in [4.69, 9.17) is 14.5 Å². The summed E-state index contributed by atoms with van der Waals surface area (Å²) in [6.07, 6.45) is 6.45. The predicted octanol–water partition coefficient (Wildman–Crippen LogP) is 6.33. The first-order valence-electron chi connectivity index (χ1n) is 12.2. The molecule has 3 heterocycles. The van der Waals surface area contributed by atoms with Gasteiger partial charge in [0.25, 0.3) is 0 Å². The van der Waals surface area contributed by atoms with Crippen molar-refractivity contribution in [3.8, 4) is 17.2 Å². The molecule has 5 rings (SSSR count). The first-order valence-corrected chi connectivity index (χ1v) is 13.0. The molecule has 178 valence electrons. The number of aryl methyl sites for hydroxylation is 1. The Morgan fingerprint density at radius 3 is 2.74 bits per heavy atom. The summed E-state index contributed by atoms with van der Waals surface area (Å²) in [4.78, 5) is 25.0. The number of aliphatic imine (C=N–C) groups is 1. The van der Waals surface area contributed by atoms with E-state index < -0.39 is 0 Å². The van der Waals surface area contributed by atoms with Crippen LogP contribution < -0.4 is 9.47 Å². The van der Waals surface area contributed by atoms with Crippen LogP contribution in [0.4, 0.5) is 0 Å². The minimum atomic E-state index is 0.0239. The lowest BCUT2D eigenvalue weighted by atomic mass is 10.1. The molecule has 1 fully saturated rings. The molecular weight excluding hydrogens is 446 g/mol. The number of ketones is 1. The van der Waals surface area contributed by atoms with Crippen LogP contribution in [0.15, 0.2) is 41.5 Å². The number of fused-ring (bicyclic) bond motifs is 1. The topological polar surface area (TPSA) is 76.6 Å². The van der Waals surface area contributed by atoms with Crippen LogP contribution in [0.1, 0.15) is 57.8 Å². The van der Waals surface area contributed by atoms with Gasteiger partial charge in [-0.3, -0.25) is 14.8 Å². The molecule has 2 aromatic heterocycles. The van der Waals surface area contributed by atoms with E-state index in [0.717, 1.165) is 45.9 Å². The van der Waals surface area contributed by atoms with Gasteiger partial charge >= 0.3 is 0 Å². The van der Waals surface area contributed by atoms with Gasteiger partial charge in [-0.2, -0.15) is 0 Å². The van der Waals surface area contributed by atoms with Gasteiger partial charge in [0.15, 0.2) is 0 Å². The molecular formula is C27H31N3O3S. The fourth-order valence-corrected chi connectivity index (χ4v) is 5.30. The Morgan fingerprint density at radius 1 is 1.18 bits per heavy atom. The molecule has 0 saturated heterocycles. The molecule has 1 N–H and O–H groups in total. The number of thioether (sulfide) groups is 1. The molecule has 7 heteroatoms. The SMILES string of the molecule is CCc1ccc(Oc2cc(OC(C)C)c3[nH]c(C4=NCC(CC(=O)CC5CC5)S4)cc3c2)cn1. The number of pyridine rings is 1. The lowest BCUT2D eigenvalue weighted by Gasteiger charge is -2.13. The largest absolute Gasteiger partial charge is 0.489 e. The maximum absolute atomic E-state index is 12.3. The summed E-state index contributed by atoms with van der Waals surface area (Å²) in [7, 11) is 0. The molecule has 1 unspecified atom stereocenters. The molecule has 1 atom stereocenters. The number of hydrogen-bond donors (Lipinski definition) is 1. The fraction of sp³-hybridized carbons (Fsp3) is 0.444. The summed E-state index contributed by atoms with van der Waals surface area (Å²) >= 11 is 1.70. The van der Waals surface area contributed by atoms with Crippen molar-refractivity contribution in [3.63, 3.8) is 0 Å². The van der Waals surface area contributed by atoms with Crippen LogP contribution in [0, 0.1) is 5.92 Å². The molecule has 1 saturated carbocycles. The standard InChI is InChI=1S/C27H31N3O3S/c1-4-19-7-8-21(14-28-19)33-22-10-18-11-24(30-26(18)25(13-22)32-16(2)3)27-29-15-23(34-27)12-20(31)9-17-5-6-17/h7-8,10-11,13-14,16-17,23,30H,4-6,9,12,15H2,1-3H3. The van der Waals surface area contributed by atoms with Gasteiger partial charge in [-0.1, -0.05) is 18.7 Å². The third-order valence-corrected chi connectivity index (χ3v) is 7.26. The van der Waals surface area contributed by atoms with Crippen LogP contribution in [0.2, 0.25) is 0 Å². The van der Waals surface area contributed by atoms with Crippen LogP contribution in [-0.2, 0) is 11.2 Å². The summed E-state index contributed by atoms with van der Waals surface area (Å²) in [5.74, 6) is 3.15. The monoisotopic (exact) mass is 477 g/mol. The van der Waals surface area contributed by atoms with Gasteiger partial charge < -0.3 is 14.5 Å². The Kier molecular flexibility index (Phi) is 6.63. The smallest absolute Gasteiger partial charge is 0.147 e. The average molecular weight is 478 g/mol. The van der Waals surface area contributed by atoms with Gasteiger partial charge in [-0.15, -0.1) is 0 Å². The molecule has 1 aliphatic heterocycles. The number of carbonyl (C=O) groups excluding carboxylic acids is 1. The van der Waals surface area contributed by atoms with E-state index in [2.05, 4.69) is 23.0 Å². The van der Waals surface area contributed by atoms with Gasteiger partial charge in [0.05, 0.1) is 30.1 Å². The summed E-state index contributed by atoms with van der Waals surface area (Å²) in [6, 6.07) is 9.94. The maximum atomic E-state index is 12.3. The highest BCUT2D eigenvalue weighted by Gasteiger charge is 2.28. The number of carbonyl (C=O) groups is 1. The highest BCUT2D eigenvalue weighted by molar-refractivity contribution is 8.15. The number of benzene rings is 1. The summed E-state index contributed by atoms with van der Waals surface area (Å²) in [6.45, 7) is 6.79. The predicted molar refractivity (Wildman–Crippen MR) is 137 cm³/mol. The number of H-pyrrole nitrogens is 1. The average Bonchev–Trinajstić information content (AvgIpc) is 3.31. The first kappa shape index (κ1) is 23.0. The summed E-state index contributed by atoms with van der Waals surface area (Å²) in [5.41, 5.74) is 2.91. The van der Waals surface area contributed by atoms with E-state index in [-0.39, 0.29) is 11.4 Å². The number of Topliss-reactive ketones (excluding diaryl/α,β-unsaturated/α-hetero) is 1. The number of nitrogens with zero attached hydrogens (tertiary/aromatic N) is 2. The zero-order valence-electron chi connectivity index (χ0n) is 20.0. The van der Waals surface area contributed by atoms with E-state index in [1.807, 2.05) is 38.1 Å². The van der Waals surface area contributed by atoms with Crippen LogP contribution in [0.3, 0.4) is 0 Å². The van der Waals surface area contributed by atoms with E-state index in [1.165, 1.54) is 12.8 Å². The number of rotatable bonds is 10. The Hall–Kier alpha value is -2.80. The fourth-order valence-electron chi connectivity index (χ4n) is 4.18. The van der Waals surface area contributed by atoms with Gasteiger partial charge in [0.1, 0.15) is 28.1 Å². The Morgan fingerprint density at radius 2 is 2.03 bits per heavy atom. The minimum absolute atomic E-state index is 0.0239. The summed E-state index contributed by atoms with van der Waals surface area (Å²) < 4.78 is 12.2. The van der Waals surface area contributed by atoms with Crippen LogP contribution in [0.25, 0.3) is 10.9 Å². The summed E-state index contributed by atoms with van der Waals surface area (Å²) in [5, 5.41) is 2.19. The Labute approximate surface area is 204 Å². The second kappa shape index (κ2) is 9.82. The highest BCUT2D eigenvalue weighted by atomic mass is 32.2. The van der Waals surface area contributed by atoms with Gasteiger partial charge in [0.2, 0.25) is 0 Å². The third kappa shape index (κ3) is 5.46. The van der Waals surface area contributed by atoms with Gasteiger partial charge in [-0.25, -0.2) is 0 Å². The second-order valence-electron chi connectivity index (χ2n) is 9.45. The van der Waals surface area contributed by atoms with Crippen molar-refractivity contribution in [2.24, 2.45) is 10.9 Å². The van der Waals surface area contributed by atoms with Crippen molar-refractivity contribution < 1.29 is 14.3 Å². The van der Waals surface area contributed by atoms with Gasteiger partial charge in [0, 0.05) is 35.2 Å². The number of aromatic amines is 1. The number of hydrogen-bond acceptors (Lipinski definition) is 6. The quantitative estimate of drug-likeness (QED) is 0.369. The van der Waals surface area contributed by atoms with Crippen LogP contribution >= 0.6 is 11.8 Å². The molecule has 1 aromatic carbocycles. The van der Waals surface area contributed by atoms with Gasteiger partial charge in [-0.05, 0) is 63.3 Å². The Bertz CT molecular complexity index is 1210. The number of ether oxygens (including phenoxy) is 2. The molecule has 0 radical (unpaired) electrons. The second-order valence-corrected chi connectivity index (χ2v) is 10.7. The zero-order valence-corrected chi connectivity index (χ0v) is 20.8. The van der Waals surface area contributed by atoms with E-state index in [1.54, 1.807) is 18.0 Å². The van der Waals surface area contributed by atoms with E-state index in [0.29, 0.717) is 36.2 Å². The highest BCUT2D eigenvalue weighted by Crippen LogP contribution is 2.37. The van der Waals surface area contributed by atoms with Crippen molar-refractivity contribution in [3.05, 3.63) is 47.9 Å². The first-order chi connectivity index (χ1) is 16.5. The van der Waals surface area contributed by atoms with E-state index in [9.17, 15) is 4.79 Å². The minimum Gasteiger partial charge on any atom is -0.489 e. The molecule has 1 aliphatic carbocycles. The zero-order chi connectivity index (χ0) is 23.7. The molecule has 6 nitrogen and oxygen atoms in total. The lowest BCUT2D eigenvalue weighted by molar-refractivity contribution is -0.119. The number of nitrogens with one attached hydrogen (secondary N) is 1.